The maximum atomic E-state index is 5.56. The number of nitrogens with zero attached hydrogens (tertiary/aromatic N) is 3. The van der Waals surface area contributed by atoms with Crippen molar-refractivity contribution in [2.75, 3.05) is 25.5 Å². The number of hydrogen-bond donors (Lipinski definition) is 1. The third-order valence-corrected chi connectivity index (χ3v) is 5.29. The van der Waals surface area contributed by atoms with Crippen LogP contribution in [0.25, 0.3) is 0 Å². The fraction of sp³-hybridized carbons (Fsp3) is 0.348. The van der Waals surface area contributed by atoms with Gasteiger partial charge < -0.3 is 10.1 Å². The molecule has 146 valence electrons. The number of ether oxygens (including phenoxy) is 1. The van der Waals surface area contributed by atoms with Crippen LogP contribution in [0.2, 0.25) is 0 Å². The van der Waals surface area contributed by atoms with Gasteiger partial charge >= 0.3 is 0 Å². The quantitative estimate of drug-likeness (QED) is 0.676. The molecule has 5 nitrogen and oxygen atoms in total. The first-order valence-corrected chi connectivity index (χ1v) is 9.97. The van der Waals surface area contributed by atoms with Crippen molar-refractivity contribution in [3.05, 3.63) is 78.1 Å². The summed E-state index contributed by atoms with van der Waals surface area (Å²) in [5, 5.41) is 8.01. The molecule has 0 saturated carbocycles. The Hall–Kier alpha value is -2.79. The van der Waals surface area contributed by atoms with E-state index in [4.69, 9.17) is 4.74 Å². The maximum Gasteiger partial charge on any atom is 0.123 e. The van der Waals surface area contributed by atoms with Crippen LogP contribution in [0.1, 0.15) is 24.0 Å². The number of aromatic nitrogens is 2. The Bertz CT molecular complexity index is 864. The largest absolute Gasteiger partial charge is 0.496 e. The Morgan fingerprint density at radius 3 is 2.79 bits per heavy atom. The Kier molecular flexibility index (Phi) is 5.92. The van der Waals surface area contributed by atoms with E-state index in [0.29, 0.717) is 6.04 Å². The molecule has 0 radical (unpaired) electrons. The topological polar surface area (TPSA) is 42.3 Å². The van der Waals surface area contributed by atoms with Crippen molar-refractivity contribution in [1.82, 2.24) is 14.7 Å². The number of piperidine rings is 1. The minimum Gasteiger partial charge on any atom is -0.496 e. The number of methoxy groups -OCH3 is 1. The van der Waals surface area contributed by atoms with Gasteiger partial charge in [-0.15, -0.1) is 0 Å². The first-order chi connectivity index (χ1) is 13.8. The SMILES string of the molecule is COc1ccc(CN2CCCC(Nc3ccccc3)C2)cc1Cn1cccn1. The third-order valence-electron chi connectivity index (χ3n) is 5.29. The molecule has 5 heteroatoms. The number of hydrogen-bond acceptors (Lipinski definition) is 4. The van der Waals surface area contributed by atoms with Crippen molar-refractivity contribution in [3.63, 3.8) is 0 Å². The second kappa shape index (κ2) is 8.93. The molecule has 2 aromatic carbocycles. The van der Waals surface area contributed by atoms with E-state index in [-0.39, 0.29) is 0 Å². The normalized spacial score (nSPS) is 17.4. The molecule has 1 atom stereocenters. The number of nitrogens with one attached hydrogen (secondary N) is 1. The highest BCUT2D eigenvalue weighted by Gasteiger charge is 2.20. The van der Waals surface area contributed by atoms with E-state index in [1.807, 2.05) is 23.1 Å². The number of benzene rings is 2. The minimum atomic E-state index is 0.498. The third kappa shape index (κ3) is 4.73. The molecule has 0 aliphatic carbocycles. The van der Waals surface area contributed by atoms with Gasteiger partial charge in [-0.25, -0.2) is 0 Å². The van der Waals surface area contributed by atoms with Crippen LogP contribution >= 0.6 is 0 Å². The Balaban J connectivity index is 1.41. The van der Waals surface area contributed by atoms with Crippen molar-refractivity contribution in [3.8, 4) is 5.75 Å². The summed E-state index contributed by atoms with van der Waals surface area (Å²) in [7, 11) is 1.73. The second-order valence-corrected chi connectivity index (χ2v) is 7.43. The monoisotopic (exact) mass is 376 g/mol. The molecule has 1 aromatic heterocycles. The van der Waals surface area contributed by atoms with Gasteiger partial charge in [-0.1, -0.05) is 24.3 Å². The summed E-state index contributed by atoms with van der Waals surface area (Å²) in [6, 6.07) is 19.5. The van der Waals surface area contributed by atoms with Crippen LogP contribution in [-0.4, -0.2) is 40.9 Å². The molecule has 1 saturated heterocycles. The lowest BCUT2D eigenvalue weighted by atomic mass is 10.0. The number of rotatable bonds is 7. The van der Waals surface area contributed by atoms with Gasteiger partial charge in [0.15, 0.2) is 0 Å². The van der Waals surface area contributed by atoms with Crippen molar-refractivity contribution in [1.29, 1.82) is 0 Å². The van der Waals surface area contributed by atoms with Gasteiger partial charge in [0.05, 0.1) is 13.7 Å². The Labute approximate surface area is 166 Å². The zero-order chi connectivity index (χ0) is 19.2. The summed E-state index contributed by atoms with van der Waals surface area (Å²) in [6.45, 7) is 3.90. The van der Waals surface area contributed by atoms with Gasteiger partial charge in [-0.3, -0.25) is 9.58 Å². The van der Waals surface area contributed by atoms with Crippen LogP contribution < -0.4 is 10.1 Å². The molecular weight excluding hydrogens is 348 g/mol. The van der Waals surface area contributed by atoms with Crippen molar-refractivity contribution >= 4 is 5.69 Å². The molecule has 3 aromatic rings. The maximum absolute atomic E-state index is 5.56. The van der Waals surface area contributed by atoms with Crippen LogP contribution in [0.5, 0.6) is 5.75 Å². The summed E-state index contributed by atoms with van der Waals surface area (Å²) >= 11 is 0. The number of likely N-dealkylation sites (tertiary alicyclic amines) is 1. The fourth-order valence-corrected chi connectivity index (χ4v) is 3.97. The minimum absolute atomic E-state index is 0.498. The highest BCUT2D eigenvalue weighted by molar-refractivity contribution is 5.43. The van der Waals surface area contributed by atoms with Crippen molar-refractivity contribution in [2.45, 2.75) is 32.0 Å². The predicted molar refractivity (Wildman–Crippen MR) is 113 cm³/mol. The van der Waals surface area contributed by atoms with Crippen LogP contribution in [0.15, 0.2) is 67.0 Å². The summed E-state index contributed by atoms with van der Waals surface area (Å²) in [5.74, 6) is 0.918. The van der Waals surface area contributed by atoms with E-state index in [2.05, 4.69) is 63.8 Å². The van der Waals surface area contributed by atoms with Crippen molar-refractivity contribution < 1.29 is 4.74 Å². The molecular formula is C23H28N4O. The van der Waals surface area contributed by atoms with E-state index in [9.17, 15) is 0 Å². The summed E-state index contributed by atoms with van der Waals surface area (Å²) in [4.78, 5) is 2.55. The van der Waals surface area contributed by atoms with Gasteiger partial charge in [0.1, 0.15) is 5.75 Å². The highest BCUT2D eigenvalue weighted by Crippen LogP contribution is 2.23. The van der Waals surface area contributed by atoms with Gasteiger partial charge in [-0.2, -0.15) is 5.10 Å². The Morgan fingerprint density at radius 2 is 2.00 bits per heavy atom. The molecule has 1 N–H and O–H groups in total. The van der Waals surface area contributed by atoms with Gasteiger partial charge in [0.25, 0.3) is 0 Å². The van der Waals surface area contributed by atoms with Gasteiger partial charge in [-0.05, 0) is 55.3 Å². The fourth-order valence-electron chi connectivity index (χ4n) is 3.97. The molecule has 0 spiro atoms. The zero-order valence-electron chi connectivity index (χ0n) is 16.4. The number of para-hydroxylation sites is 1. The predicted octanol–water partition coefficient (Wildman–Crippen LogP) is 4.02. The summed E-state index contributed by atoms with van der Waals surface area (Å²) in [5.41, 5.74) is 3.70. The average molecular weight is 377 g/mol. The highest BCUT2D eigenvalue weighted by atomic mass is 16.5. The van der Waals surface area contributed by atoms with Gasteiger partial charge in [0, 0.05) is 42.8 Å². The average Bonchev–Trinajstić information content (AvgIpc) is 3.22. The van der Waals surface area contributed by atoms with Crippen LogP contribution in [-0.2, 0) is 13.1 Å². The smallest absolute Gasteiger partial charge is 0.123 e. The Morgan fingerprint density at radius 1 is 1.11 bits per heavy atom. The van der Waals surface area contributed by atoms with E-state index in [1.54, 1.807) is 7.11 Å². The van der Waals surface area contributed by atoms with Gasteiger partial charge in [0.2, 0.25) is 0 Å². The molecule has 4 rings (SSSR count). The van der Waals surface area contributed by atoms with E-state index in [1.165, 1.54) is 29.7 Å². The lowest BCUT2D eigenvalue weighted by Gasteiger charge is -2.33. The molecule has 28 heavy (non-hydrogen) atoms. The first-order valence-electron chi connectivity index (χ1n) is 9.97. The van der Waals surface area contributed by atoms with E-state index >= 15 is 0 Å². The van der Waals surface area contributed by atoms with E-state index < -0.39 is 0 Å². The van der Waals surface area contributed by atoms with Crippen LogP contribution in [0.3, 0.4) is 0 Å². The standard InChI is InChI=1S/C23H28N4O/c1-28-23-11-10-19(15-20(23)17-27-14-6-12-24-27)16-26-13-5-9-22(18-26)25-21-7-3-2-4-8-21/h2-4,6-8,10-12,14-15,22,25H,5,9,13,16-18H2,1H3. The molecule has 0 amide bonds. The number of anilines is 1. The molecule has 1 unspecified atom stereocenters. The van der Waals surface area contributed by atoms with E-state index in [0.717, 1.165) is 31.9 Å². The lowest BCUT2D eigenvalue weighted by molar-refractivity contribution is 0.208. The molecule has 1 aliphatic heterocycles. The second-order valence-electron chi connectivity index (χ2n) is 7.43. The first kappa shape index (κ1) is 18.6. The zero-order valence-corrected chi connectivity index (χ0v) is 16.4. The van der Waals surface area contributed by atoms with Crippen molar-refractivity contribution in [2.24, 2.45) is 0 Å². The van der Waals surface area contributed by atoms with Crippen LogP contribution in [0, 0.1) is 0 Å². The summed E-state index contributed by atoms with van der Waals surface area (Å²) < 4.78 is 7.49. The molecule has 1 fully saturated rings. The van der Waals surface area contributed by atoms with Crippen LogP contribution in [0.4, 0.5) is 5.69 Å². The lowest BCUT2D eigenvalue weighted by Crippen LogP contribution is -2.41. The molecule has 0 bridgehead atoms. The molecule has 1 aliphatic rings. The molecule has 2 heterocycles. The summed E-state index contributed by atoms with van der Waals surface area (Å²) in [6.07, 6.45) is 6.24.